The third-order valence-electron chi connectivity index (χ3n) is 2.84. The van der Waals surface area contributed by atoms with Crippen LogP contribution < -0.4 is 10.5 Å². The van der Waals surface area contributed by atoms with E-state index < -0.39 is 0 Å². The van der Waals surface area contributed by atoms with Crippen molar-refractivity contribution in [3.63, 3.8) is 0 Å². The number of aryl methyl sites for hydroxylation is 1. The summed E-state index contributed by atoms with van der Waals surface area (Å²) in [5, 5.41) is 12.3. The zero-order valence-electron chi connectivity index (χ0n) is 11.0. The van der Waals surface area contributed by atoms with E-state index in [1.807, 2.05) is 17.7 Å². The van der Waals surface area contributed by atoms with Gasteiger partial charge in [-0.3, -0.25) is 0 Å². The van der Waals surface area contributed by atoms with Gasteiger partial charge in [0, 0.05) is 17.4 Å². The topological polar surface area (TPSA) is 85.7 Å². The smallest absolute Gasteiger partial charge is 0.173 e. The lowest BCUT2D eigenvalue weighted by molar-refractivity contribution is 0.295. The second kappa shape index (κ2) is 6.29. The minimum atomic E-state index is -0.0181. The average Bonchev–Trinajstić information content (AvgIpc) is 2.84. The van der Waals surface area contributed by atoms with Gasteiger partial charge in [-0.2, -0.15) is 0 Å². The fourth-order valence-electron chi connectivity index (χ4n) is 1.78. The van der Waals surface area contributed by atoms with E-state index in [1.54, 1.807) is 24.4 Å². The van der Waals surface area contributed by atoms with Gasteiger partial charge in [-0.05, 0) is 25.1 Å². The highest BCUT2D eigenvalue weighted by atomic mass is 35.5. The molecule has 0 saturated carbocycles. The third-order valence-corrected chi connectivity index (χ3v) is 3.08. The predicted molar refractivity (Wildman–Crippen MR) is 76.4 cm³/mol. The summed E-state index contributed by atoms with van der Waals surface area (Å²) in [4.78, 5) is 4.13. The number of nitrogens with two attached hydrogens (primary N) is 1. The normalized spacial score (nSPS) is 11.6. The monoisotopic (exact) mass is 294 g/mol. The van der Waals surface area contributed by atoms with Crippen LogP contribution in [0, 0.1) is 6.92 Å². The van der Waals surface area contributed by atoms with Crippen LogP contribution in [-0.2, 0) is 6.54 Å². The molecule has 1 aromatic heterocycles. The molecule has 0 spiro atoms. The Hall–Kier alpha value is -2.21. The molecule has 0 saturated heterocycles. The van der Waals surface area contributed by atoms with Crippen molar-refractivity contribution in [3.8, 4) is 5.75 Å². The molecule has 0 unspecified atom stereocenters. The van der Waals surface area contributed by atoms with Gasteiger partial charge >= 0.3 is 0 Å². The lowest BCUT2D eigenvalue weighted by Crippen LogP contribution is -2.16. The molecule has 1 heterocycles. The van der Waals surface area contributed by atoms with Gasteiger partial charge in [-0.1, -0.05) is 16.8 Å². The van der Waals surface area contributed by atoms with Gasteiger partial charge in [0.15, 0.2) is 5.84 Å². The lowest BCUT2D eigenvalue weighted by Gasteiger charge is -2.12. The number of hydrogen-bond acceptors (Lipinski definition) is 4. The van der Waals surface area contributed by atoms with Crippen molar-refractivity contribution in [2.45, 2.75) is 13.5 Å². The van der Waals surface area contributed by atoms with Gasteiger partial charge in [-0.15, -0.1) is 0 Å². The molecule has 0 bridgehead atoms. The van der Waals surface area contributed by atoms with Gasteiger partial charge in [-0.25, -0.2) is 4.98 Å². The number of amidine groups is 1. The van der Waals surface area contributed by atoms with Crippen LogP contribution in [0.25, 0.3) is 0 Å². The van der Waals surface area contributed by atoms with Crippen LogP contribution in [-0.4, -0.2) is 27.2 Å². The molecule has 0 radical (unpaired) electrons. The quantitative estimate of drug-likeness (QED) is 0.382. The molecule has 0 amide bonds. The summed E-state index contributed by atoms with van der Waals surface area (Å²) < 4.78 is 7.63. The number of rotatable bonds is 5. The molecule has 20 heavy (non-hydrogen) atoms. The van der Waals surface area contributed by atoms with Crippen LogP contribution in [0.2, 0.25) is 5.02 Å². The summed E-state index contributed by atoms with van der Waals surface area (Å²) in [6.07, 6.45) is 3.61. The molecule has 2 rings (SSSR count). The number of imidazole rings is 1. The summed E-state index contributed by atoms with van der Waals surface area (Å²) in [5.74, 6) is 1.37. The van der Waals surface area contributed by atoms with Crippen LogP contribution in [0.15, 0.2) is 35.7 Å². The predicted octanol–water partition coefficient (Wildman–Crippen LogP) is 2.02. The van der Waals surface area contributed by atoms with Crippen LogP contribution in [0.3, 0.4) is 0 Å². The molecular weight excluding hydrogens is 280 g/mol. The number of ether oxygens (including phenoxy) is 1. The first-order valence-corrected chi connectivity index (χ1v) is 6.37. The van der Waals surface area contributed by atoms with Crippen molar-refractivity contribution in [1.29, 1.82) is 0 Å². The second-order valence-corrected chi connectivity index (χ2v) is 4.58. The van der Waals surface area contributed by atoms with E-state index in [2.05, 4.69) is 10.1 Å². The Morgan fingerprint density at radius 2 is 2.35 bits per heavy atom. The molecule has 0 fully saturated rings. The van der Waals surface area contributed by atoms with E-state index in [0.29, 0.717) is 29.5 Å². The number of hydrogen-bond donors (Lipinski definition) is 2. The largest absolute Gasteiger partial charge is 0.491 e. The third kappa shape index (κ3) is 3.21. The highest BCUT2D eigenvalue weighted by molar-refractivity contribution is 6.30. The average molecular weight is 295 g/mol. The van der Waals surface area contributed by atoms with Gasteiger partial charge in [0.2, 0.25) is 0 Å². The van der Waals surface area contributed by atoms with Crippen LogP contribution in [0.1, 0.15) is 11.4 Å². The highest BCUT2D eigenvalue weighted by Gasteiger charge is 2.09. The number of nitrogens with zero attached hydrogens (tertiary/aromatic N) is 3. The molecule has 3 N–H and O–H groups in total. The molecule has 7 heteroatoms. The zero-order valence-corrected chi connectivity index (χ0v) is 11.7. The second-order valence-electron chi connectivity index (χ2n) is 4.14. The highest BCUT2D eigenvalue weighted by Crippen LogP contribution is 2.23. The number of aromatic nitrogens is 2. The Labute approximate surface area is 121 Å². The maximum Gasteiger partial charge on any atom is 0.173 e. The Morgan fingerprint density at radius 1 is 1.55 bits per heavy atom. The number of oxime groups is 1. The number of halogens is 1. The van der Waals surface area contributed by atoms with Crippen molar-refractivity contribution in [3.05, 3.63) is 47.0 Å². The lowest BCUT2D eigenvalue weighted by atomic mass is 10.2. The van der Waals surface area contributed by atoms with Crippen molar-refractivity contribution in [2.75, 3.05) is 6.61 Å². The van der Waals surface area contributed by atoms with Gasteiger partial charge < -0.3 is 20.2 Å². The first-order valence-electron chi connectivity index (χ1n) is 6.00. The van der Waals surface area contributed by atoms with Crippen molar-refractivity contribution >= 4 is 17.4 Å². The molecule has 0 aliphatic carbocycles. The van der Waals surface area contributed by atoms with Crippen molar-refractivity contribution < 1.29 is 9.94 Å². The summed E-state index contributed by atoms with van der Waals surface area (Å²) in [7, 11) is 0. The maximum atomic E-state index is 8.76. The van der Waals surface area contributed by atoms with Crippen LogP contribution >= 0.6 is 11.6 Å². The minimum Gasteiger partial charge on any atom is -0.491 e. The van der Waals surface area contributed by atoms with Crippen molar-refractivity contribution in [1.82, 2.24) is 9.55 Å². The molecule has 0 aliphatic heterocycles. The number of benzene rings is 1. The Kier molecular flexibility index (Phi) is 4.47. The van der Waals surface area contributed by atoms with E-state index in [4.69, 9.17) is 27.3 Å². The molecule has 106 valence electrons. The zero-order chi connectivity index (χ0) is 14.5. The Balaban J connectivity index is 2.09. The van der Waals surface area contributed by atoms with Gasteiger partial charge in [0.05, 0.1) is 12.1 Å². The van der Waals surface area contributed by atoms with E-state index in [0.717, 1.165) is 5.82 Å². The summed E-state index contributed by atoms with van der Waals surface area (Å²) in [5.41, 5.74) is 6.10. The molecular formula is C13H15ClN4O2. The minimum absolute atomic E-state index is 0.0181. The van der Waals surface area contributed by atoms with E-state index in [-0.39, 0.29) is 5.84 Å². The van der Waals surface area contributed by atoms with E-state index in [9.17, 15) is 0 Å². The first kappa shape index (κ1) is 14.2. The fraction of sp³-hybridized carbons (Fsp3) is 0.231. The standard InChI is InChI=1S/C13H15ClN4O2/c1-9-16-4-5-18(9)6-7-20-12-8-10(14)2-3-11(12)13(15)17-19/h2-5,8,19H,6-7H2,1H3,(H2,15,17). The first-order chi connectivity index (χ1) is 9.61. The van der Waals surface area contributed by atoms with Gasteiger partial charge in [0.25, 0.3) is 0 Å². The maximum absolute atomic E-state index is 8.76. The summed E-state index contributed by atoms with van der Waals surface area (Å²) in [6.45, 7) is 2.98. The Morgan fingerprint density at radius 3 is 3.00 bits per heavy atom. The summed E-state index contributed by atoms with van der Waals surface area (Å²) >= 11 is 5.93. The van der Waals surface area contributed by atoms with Crippen molar-refractivity contribution in [2.24, 2.45) is 10.9 Å². The fourth-order valence-corrected chi connectivity index (χ4v) is 1.94. The van der Waals surface area contributed by atoms with Crippen LogP contribution in [0.4, 0.5) is 0 Å². The molecule has 1 aromatic carbocycles. The molecule has 0 aliphatic rings. The Bertz CT molecular complexity index is 625. The van der Waals surface area contributed by atoms with Gasteiger partial charge in [0.1, 0.15) is 18.2 Å². The molecule has 0 atom stereocenters. The summed E-state index contributed by atoms with van der Waals surface area (Å²) in [6, 6.07) is 4.94. The van der Waals surface area contributed by atoms with E-state index >= 15 is 0 Å². The SMILES string of the molecule is Cc1nccn1CCOc1cc(Cl)ccc1/C(N)=N/O. The van der Waals surface area contributed by atoms with E-state index in [1.165, 1.54) is 0 Å². The molecule has 6 nitrogen and oxygen atoms in total. The molecule has 2 aromatic rings. The van der Waals surface area contributed by atoms with Crippen LogP contribution in [0.5, 0.6) is 5.75 Å².